The molecule has 2 rings (SSSR count). The van der Waals surface area contributed by atoms with Crippen LogP contribution < -0.4 is 4.74 Å². The summed E-state index contributed by atoms with van der Waals surface area (Å²) in [6.45, 7) is 0. The van der Waals surface area contributed by atoms with Gasteiger partial charge in [-0.05, 0) is 35.6 Å². The summed E-state index contributed by atoms with van der Waals surface area (Å²) >= 11 is 0. The van der Waals surface area contributed by atoms with Gasteiger partial charge in [0.05, 0.1) is 13.5 Å². The number of hydrogen-bond donors (Lipinski definition) is 1. The summed E-state index contributed by atoms with van der Waals surface area (Å²) in [5.41, 5.74) is 2.17. The normalized spacial score (nSPS) is 11.8. The van der Waals surface area contributed by atoms with Gasteiger partial charge in [-0.25, -0.2) is 0 Å². The molecule has 0 amide bonds. The lowest BCUT2D eigenvalue weighted by atomic mass is 9.89. The molecule has 0 aromatic heterocycles. The Morgan fingerprint density at radius 2 is 1.75 bits per heavy atom. The number of carboxylic acid groups (broad SMARTS) is 1. The zero-order valence-corrected chi connectivity index (χ0v) is 11.5. The Balaban J connectivity index is 2.19. The Morgan fingerprint density at radius 1 is 1.10 bits per heavy atom. The van der Waals surface area contributed by atoms with E-state index in [1.807, 2.05) is 54.6 Å². The highest BCUT2D eigenvalue weighted by Crippen LogP contribution is 2.26. The van der Waals surface area contributed by atoms with E-state index in [2.05, 4.69) is 0 Å². The first-order chi connectivity index (χ1) is 9.69. The van der Waals surface area contributed by atoms with Gasteiger partial charge in [-0.2, -0.15) is 0 Å². The van der Waals surface area contributed by atoms with Gasteiger partial charge in [0.25, 0.3) is 0 Å². The lowest BCUT2D eigenvalue weighted by molar-refractivity contribution is -0.137. The molecule has 3 heteroatoms. The average Bonchev–Trinajstić information content (AvgIpc) is 2.47. The largest absolute Gasteiger partial charge is 0.497 e. The molecule has 0 heterocycles. The van der Waals surface area contributed by atoms with Crippen molar-refractivity contribution in [2.75, 3.05) is 7.11 Å². The Morgan fingerprint density at radius 3 is 2.30 bits per heavy atom. The van der Waals surface area contributed by atoms with Crippen molar-refractivity contribution >= 4 is 5.97 Å². The Bertz CT molecular complexity index is 546. The van der Waals surface area contributed by atoms with Crippen LogP contribution in [0, 0.1) is 0 Å². The average molecular weight is 270 g/mol. The van der Waals surface area contributed by atoms with Gasteiger partial charge in [0.2, 0.25) is 0 Å². The molecule has 2 aromatic carbocycles. The second-order valence-corrected chi connectivity index (χ2v) is 4.76. The molecule has 2 aromatic rings. The fourth-order valence-electron chi connectivity index (χ4n) is 2.29. The first kappa shape index (κ1) is 14.1. The summed E-state index contributed by atoms with van der Waals surface area (Å²) in [6.07, 6.45) is 0.848. The summed E-state index contributed by atoms with van der Waals surface area (Å²) in [5.74, 6) is -0.0231. The zero-order valence-electron chi connectivity index (χ0n) is 11.5. The van der Waals surface area contributed by atoms with E-state index in [1.54, 1.807) is 7.11 Å². The molecule has 0 unspecified atom stereocenters. The molecule has 0 fully saturated rings. The molecule has 0 saturated carbocycles. The molecular formula is C17H18O3. The van der Waals surface area contributed by atoms with Gasteiger partial charge in [-0.1, -0.05) is 42.5 Å². The second-order valence-electron chi connectivity index (χ2n) is 4.76. The number of rotatable bonds is 6. The number of ether oxygens (including phenoxy) is 1. The zero-order chi connectivity index (χ0) is 14.4. The third-order valence-corrected chi connectivity index (χ3v) is 3.33. The molecule has 0 aliphatic rings. The highest BCUT2D eigenvalue weighted by Gasteiger charge is 2.16. The van der Waals surface area contributed by atoms with Gasteiger partial charge in [0.15, 0.2) is 0 Å². The summed E-state index contributed by atoms with van der Waals surface area (Å²) in [6, 6.07) is 17.6. The van der Waals surface area contributed by atoms with E-state index in [0.29, 0.717) is 0 Å². The first-order valence-electron chi connectivity index (χ1n) is 6.58. The Hall–Kier alpha value is -2.29. The van der Waals surface area contributed by atoms with Crippen molar-refractivity contribution in [3.05, 3.63) is 65.7 Å². The van der Waals surface area contributed by atoms with Crippen LogP contribution in [0.5, 0.6) is 5.75 Å². The van der Waals surface area contributed by atoms with E-state index in [1.165, 1.54) is 0 Å². The lowest BCUT2D eigenvalue weighted by Crippen LogP contribution is -2.09. The maximum Gasteiger partial charge on any atom is 0.303 e. The predicted octanol–water partition coefficient (Wildman–Crippen LogP) is 3.50. The summed E-state index contributed by atoms with van der Waals surface area (Å²) in [4.78, 5) is 11.1. The van der Waals surface area contributed by atoms with Crippen molar-refractivity contribution in [1.29, 1.82) is 0 Å². The minimum Gasteiger partial charge on any atom is -0.497 e. The van der Waals surface area contributed by atoms with Crippen molar-refractivity contribution in [3.8, 4) is 5.75 Å². The molecule has 1 atom stereocenters. The molecule has 3 nitrogen and oxygen atoms in total. The van der Waals surface area contributed by atoms with E-state index in [0.717, 1.165) is 23.3 Å². The molecule has 104 valence electrons. The summed E-state index contributed by atoms with van der Waals surface area (Å²) < 4.78 is 5.13. The van der Waals surface area contributed by atoms with Crippen molar-refractivity contribution in [2.45, 2.75) is 18.8 Å². The highest BCUT2D eigenvalue weighted by molar-refractivity contribution is 5.68. The third-order valence-electron chi connectivity index (χ3n) is 3.33. The van der Waals surface area contributed by atoms with Gasteiger partial charge in [-0.15, -0.1) is 0 Å². The van der Waals surface area contributed by atoms with Crippen molar-refractivity contribution in [2.24, 2.45) is 0 Å². The predicted molar refractivity (Wildman–Crippen MR) is 78.1 cm³/mol. The standard InChI is InChI=1S/C17H18O3/c1-20-16-9-7-14(8-10-16)15(12-17(18)19)11-13-5-3-2-4-6-13/h2-10,15H,11-12H2,1H3,(H,18,19)/t15-/m0/s1. The molecule has 0 bridgehead atoms. The van der Waals surface area contributed by atoms with E-state index in [4.69, 9.17) is 9.84 Å². The van der Waals surface area contributed by atoms with Crippen molar-refractivity contribution in [3.63, 3.8) is 0 Å². The minimum atomic E-state index is -0.776. The molecule has 0 saturated heterocycles. The number of carbonyl (C=O) groups is 1. The summed E-state index contributed by atoms with van der Waals surface area (Å²) in [5, 5.41) is 9.10. The van der Waals surface area contributed by atoms with Crippen LogP contribution in [0.25, 0.3) is 0 Å². The number of aliphatic carboxylic acids is 1. The summed E-state index contributed by atoms with van der Waals surface area (Å²) in [7, 11) is 1.62. The monoisotopic (exact) mass is 270 g/mol. The maximum atomic E-state index is 11.1. The van der Waals surface area contributed by atoms with Gasteiger partial charge in [-0.3, -0.25) is 4.79 Å². The Labute approximate surface area is 118 Å². The molecule has 0 aliphatic carbocycles. The van der Waals surface area contributed by atoms with E-state index < -0.39 is 5.97 Å². The lowest BCUT2D eigenvalue weighted by Gasteiger charge is -2.16. The minimum absolute atomic E-state index is 0.0270. The number of carboxylic acids is 1. The smallest absolute Gasteiger partial charge is 0.303 e. The topological polar surface area (TPSA) is 46.5 Å². The van der Waals surface area contributed by atoms with Gasteiger partial charge < -0.3 is 9.84 Å². The number of benzene rings is 2. The van der Waals surface area contributed by atoms with Crippen LogP contribution in [-0.4, -0.2) is 18.2 Å². The SMILES string of the molecule is COc1ccc([C@H](CC(=O)O)Cc2ccccc2)cc1. The van der Waals surface area contributed by atoms with Crippen LogP contribution in [-0.2, 0) is 11.2 Å². The quantitative estimate of drug-likeness (QED) is 0.874. The van der Waals surface area contributed by atoms with Crippen LogP contribution in [0.3, 0.4) is 0 Å². The molecule has 20 heavy (non-hydrogen) atoms. The van der Waals surface area contributed by atoms with Gasteiger partial charge in [0, 0.05) is 0 Å². The van der Waals surface area contributed by atoms with E-state index in [9.17, 15) is 4.79 Å². The van der Waals surface area contributed by atoms with Crippen LogP contribution >= 0.6 is 0 Å². The third kappa shape index (κ3) is 3.85. The molecular weight excluding hydrogens is 252 g/mol. The van der Waals surface area contributed by atoms with Crippen LogP contribution in [0.4, 0.5) is 0 Å². The first-order valence-corrected chi connectivity index (χ1v) is 6.58. The van der Waals surface area contributed by atoms with Crippen LogP contribution in [0.1, 0.15) is 23.5 Å². The van der Waals surface area contributed by atoms with Crippen LogP contribution in [0.2, 0.25) is 0 Å². The van der Waals surface area contributed by atoms with Crippen LogP contribution in [0.15, 0.2) is 54.6 Å². The Kier molecular flexibility index (Phi) is 4.77. The molecule has 0 radical (unpaired) electrons. The molecule has 1 N–H and O–H groups in total. The number of hydrogen-bond acceptors (Lipinski definition) is 2. The molecule has 0 spiro atoms. The highest BCUT2D eigenvalue weighted by atomic mass is 16.5. The van der Waals surface area contributed by atoms with Gasteiger partial charge >= 0.3 is 5.97 Å². The van der Waals surface area contributed by atoms with Crippen molar-refractivity contribution < 1.29 is 14.6 Å². The van der Waals surface area contributed by atoms with Gasteiger partial charge in [0.1, 0.15) is 5.75 Å². The van der Waals surface area contributed by atoms with E-state index in [-0.39, 0.29) is 12.3 Å². The fraction of sp³-hybridized carbons (Fsp3) is 0.235. The number of methoxy groups -OCH3 is 1. The van der Waals surface area contributed by atoms with E-state index >= 15 is 0 Å². The fourth-order valence-corrected chi connectivity index (χ4v) is 2.29. The molecule has 0 aliphatic heterocycles. The second kappa shape index (κ2) is 6.75. The maximum absolute atomic E-state index is 11.1. The van der Waals surface area contributed by atoms with Crippen molar-refractivity contribution in [1.82, 2.24) is 0 Å².